The SMILES string of the molecule is COc1ccc(Br)cc1C=C1C(=N)N2N=C(c3cccs3)SC2=NC1=O. The third-order valence-corrected chi connectivity index (χ3v) is 6.12. The smallest absolute Gasteiger partial charge is 0.283 e. The molecule has 0 radical (unpaired) electrons. The maximum absolute atomic E-state index is 12.5. The van der Waals surface area contributed by atoms with E-state index in [9.17, 15) is 4.79 Å². The van der Waals surface area contributed by atoms with Crippen LogP contribution in [0.1, 0.15) is 10.4 Å². The molecule has 2 aromatic rings. The molecule has 2 aliphatic heterocycles. The van der Waals surface area contributed by atoms with Gasteiger partial charge < -0.3 is 4.74 Å². The molecule has 0 saturated carbocycles. The lowest BCUT2D eigenvalue weighted by molar-refractivity contribution is -0.114. The molecule has 1 N–H and O–H groups in total. The van der Waals surface area contributed by atoms with Crippen molar-refractivity contribution in [1.29, 1.82) is 5.41 Å². The summed E-state index contributed by atoms with van der Waals surface area (Å²) in [6.45, 7) is 0. The Hall–Kier alpha value is -2.23. The van der Waals surface area contributed by atoms with Gasteiger partial charge >= 0.3 is 0 Å². The van der Waals surface area contributed by atoms with E-state index in [2.05, 4.69) is 26.0 Å². The molecule has 0 atom stereocenters. The maximum Gasteiger partial charge on any atom is 0.283 e. The average molecular weight is 447 g/mol. The summed E-state index contributed by atoms with van der Waals surface area (Å²) >= 11 is 6.26. The third-order valence-electron chi connectivity index (χ3n) is 3.68. The predicted octanol–water partition coefficient (Wildman–Crippen LogP) is 4.19. The normalized spacial score (nSPS) is 18.1. The minimum Gasteiger partial charge on any atom is -0.496 e. The molecule has 1 amide bonds. The fourth-order valence-electron chi connectivity index (χ4n) is 2.47. The number of halogens is 1. The highest BCUT2D eigenvalue weighted by Gasteiger charge is 2.36. The molecule has 1 aromatic heterocycles. The number of hydrogen-bond acceptors (Lipinski definition) is 6. The first-order valence-corrected chi connectivity index (χ1v) is 9.93. The molecule has 0 unspecified atom stereocenters. The summed E-state index contributed by atoms with van der Waals surface area (Å²) in [7, 11) is 1.56. The lowest BCUT2D eigenvalue weighted by Crippen LogP contribution is -2.35. The van der Waals surface area contributed by atoms with Gasteiger partial charge in [0, 0.05) is 10.0 Å². The zero-order valence-electron chi connectivity index (χ0n) is 13.4. The van der Waals surface area contributed by atoms with Gasteiger partial charge in [-0.1, -0.05) is 22.0 Å². The molecule has 26 heavy (non-hydrogen) atoms. The minimum absolute atomic E-state index is 0.00100. The van der Waals surface area contributed by atoms with Crippen LogP contribution in [0.25, 0.3) is 6.08 Å². The molecule has 3 heterocycles. The zero-order chi connectivity index (χ0) is 18.3. The van der Waals surface area contributed by atoms with Crippen LogP contribution in [-0.2, 0) is 4.79 Å². The number of thioether (sulfide) groups is 1. The third kappa shape index (κ3) is 3.02. The predicted molar refractivity (Wildman–Crippen MR) is 109 cm³/mol. The summed E-state index contributed by atoms with van der Waals surface area (Å²) in [6.07, 6.45) is 1.61. The van der Waals surface area contributed by atoms with Gasteiger partial charge in [-0.2, -0.15) is 15.1 Å². The molecule has 130 valence electrons. The van der Waals surface area contributed by atoms with Crippen molar-refractivity contribution >= 4 is 67.1 Å². The maximum atomic E-state index is 12.5. The average Bonchev–Trinajstić information content (AvgIpc) is 3.28. The number of ether oxygens (including phenoxy) is 1. The quantitative estimate of drug-likeness (QED) is 0.716. The number of carbonyl (C=O) groups excluding carboxylic acids is 1. The number of hydrogen-bond donors (Lipinski definition) is 1. The van der Waals surface area contributed by atoms with Crippen LogP contribution in [0.3, 0.4) is 0 Å². The summed E-state index contributed by atoms with van der Waals surface area (Å²) in [5, 5.41) is 17.4. The molecule has 9 heteroatoms. The van der Waals surface area contributed by atoms with Gasteiger partial charge in [-0.05, 0) is 47.5 Å². The van der Waals surface area contributed by atoms with E-state index in [0.29, 0.717) is 16.5 Å². The van der Waals surface area contributed by atoms with E-state index in [0.717, 1.165) is 14.4 Å². The highest BCUT2D eigenvalue weighted by atomic mass is 79.9. The number of amidine groups is 2. The lowest BCUT2D eigenvalue weighted by Gasteiger charge is -2.20. The Morgan fingerprint density at radius 2 is 2.19 bits per heavy atom. The van der Waals surface area contributed by atoms with Crippen molar-refractivity contribution in [2.24, 2.45) is 10.1 Å². The molecule has 0 spiro atoms. The van der Waals surface area contributed by atoms with Crippen LogP contribution in [0.15, 0.2) is 55.9 Å². The van der Waals surface area contributed by atoms with Gasteiger partial charge in [0.2, 0.25) is 5.17 Å². The molecular formula is C17H11BrN4O2S2. The second kappa shape index (κ2) is 6.82. The molecule has 0 fully saturated rings. The van der Waals surface area contributed by atoms with Gasteiger partial charge in [0.05, 0.1) is 17.6 Å². The number of rotatable bonds is 3. The van der Waals surface area contributed by atoms with E-state index in [4.69, 9.17) is 10.1 Å². The molecule has 6 nitrogen and oxygen atoms in total. The molecule has 0 aliphatic carbocycles. The zero-order valence-corrected chi connectivity index (χ0v) is 16.6. The number of aliphatic imine (C=N–C) groups is 1. The molecule has 0 saturated heterocycles. The standard InChI is InChI=1S/C17H11BrN4O2S2/c1-24-12-5-4-10(18)7-9(12)8-11-14(19)22-17(20-15(11)23)26-16(21-22)13-3-2-6-25-13/h2-8,19H,1H3. The lowest BCUT2D eigenvalue weighted by atomic mass is 10.1. The molecular weight excluding hydrogens is 436 g/mol. The van der Waals surface area contributed by atoms with Gasteiger partial charge in [0.15, 0.2) is 5.84 Å². The van der Waals surface area contributed by atoms with Crippen molar-refractivity contribution < 1.29 is 9.53 Å². The number of fused-ring (bicyclic) bond motifs is 1. The van der Waals surface area contributed by atoms with E-state index in [1.165, 1.54) is 16.8 Å². The Bertz CT molecular complexity index is 1010. The number of thiophene rings is 1. The number of methoxy groups -OCH3 is 1. The van der Waals surface area contributed by atoms with E-state index in [-0.39, 0.29) is 11.4 Å². The van der Waals surface area contributed by atoms with Crippen molar-refractivity contribution in [3.63, 3.8) is 0 Å². The largest absolute Gasteiger partial charge is 0.496 e. The highest BCUT2D eigenvalue weighted by molar-refractivity contribution is 9.10. The second-order valence-electron chi connectivity index (χ2n) is 5.29. The molecule has 2 aliphatic rings. The first-order chi connectivity index (χ1) is 12.6. The topological polar surface area (TPSA) is 78.1 Å². The Balaban J connectivity index is 1.74. The van der Waals surface area contributed by atoms with Crippen LogP contribution in [0, 0.1) is 5.41 Å². The fraction of sp³-hybridized carbons (Fsp3) is 0.0588. The first-order valence-electron chi connectivity index (χ1n) is 7.44. The summed E-state index contributed by atoms with van der Waals surface area (Å²) in [6, 6.07) is 9.35. The van der Waals surface area contributed by atoms with Crippen molar-refractivity contribution in [1.82, 2.24) is 5.01 Å². The first kappa shape index (κ1) is 17.2. The summed E-state index contributed by atoms with van der Waals surface area (Å²) in [4.78, 5) is 17.6. The number of hydrazone groups is 1. The second-order valence-corrected chi connectivity index (χ2v) is 8.11. The molecule has 4 rings (SSSR count). The van der Waals surface area contributed by atoms with Gasteiger partial charge in [-0.15, -0.1) is 11.3 Å². The van der Waals surface area contributed by atoms with Crippen LogP contribution in [0.4, 0.5) is 0 Å². The van der Waals surface area contributed by atoms with E-state index in [1.54, 1.807) is 30.6 Å². The van der Waals surface area contributed by atoms with Crippen molar-refractivity contribution in [3.8, 4) is 5.75 Å². The summed E-state index contributed by atoms with van der Waals surface area (Å²) in [5.74, 6) is 0.147. The summed E-state index contributed by atoms with van der Waals surface area (Å²) < 4.78 is 6.18. The Kier molecular flexibility index (Phi) is 4.51. The Morgan fingerprint density at radius 1 is 1.35 bits per heavy atom. The monoisotopic (exact) mass is 446 g/mol. The van der Waals surface area contributed by atoms with Crippen LogP contribution < -0.4 is 4.74 Å². The van der Waals surface area contributed by atoms with Crippen molar-refractivity contribution in [3.05, 3.63) is 56.2 Å². The number of amides is 1. The molecule has 1 aromatic carbocycles. The fourth-order valence-corrected chi connectivity index (χ4v) is 4.53. The minimum atomic E-state index is -0.460. The van der Waals surface area contributed by atoms with E-state index in [1.807, 2.05) is 29.6 Å². The number of nitrogens with one attached hydrogen (secondary N) is 1. The van der Waals surface area contributed by atoms with Crippen molar-refractivity contribution in [2.45, 2.75) is 0 Å². The van der Waals surface area contributed by atoms with E-state index >= 15 is 0 Å². The Labute approximate surface area is 165 Å². The molecule has 0 bridgehead atoms. The van der Waals surface area contributed by atoms with Gasteiger partial charge in [-0.25, -0.2) is 0 Å². The van der Waals surface area contributed by atoms with Crippen LogP contribution in [0.2, 0.25) is 0 Å². The highest BCUT2D eigenvalue weighted by Crippen LogP contribution is 2.33. The van der Waals surface area contributed by atoms with Gasteiger partial charge in [0.1, 0.15) is 10.8 Å². The summed E-state index contributed by atoms with van der Waals surface area (Å²) in [5.41, 5.74) is 0.852. The van der Waals surface area contributed by atoms with Crippen molar-refractivity contribution in [2.75, 3.05) is 7.11 Å². The Morgan fingerprint density at radius 3 is 2.92 bits per heavy atom. The van der Waals surface area contributed by atoms with E-state index < -0.39 is 5.91 Å². The number of nitrogens with zero attached hydrogens (tertiary/aromatic N) is 3. The van der Waals surface area contributed by atoms with Crippen LogP contribution in [-0.4, -0.2) is 34.1 Å². The number of benzene rings is 1. The van der Waals surface area contributed by atoms with Crippen LogP contribution >= 0.6 is 39.0 Å². The number of carbonyl (C=O) groups is 1. The van der Waals surface area contributed by atoms with Gasteiger partial charge in [-0.3, -0.25) is 10.2 Å². The van der Waals surface area contributed by atoms with Crippen LogP contribution in [0.5, 0.6) is 5.75 Å². The van der Waals surface area contributed by atoms with Gasteiger partial charge in [0.25, 0.3) is 5.91 Å².